The molecule has 54 heavy (non-hydrogen) atoms. The van der Waals surface area contributed by atoms with Crippen molar-refractivity contribution >= 4 is 30.0 Å². The summed E-state index contributed by atoms with van der Waals surface area (Å²) in [7, 11) is 0. The first kappa shape index (κ1) is 40.9. The molecule has 5 atom stereocenters. The van der Waals surface area contributed by atoms with Crippen molar-refractivity contribution in [3.8, 4) is 5.88 Å². The van der Waals surface area contributed by atoms with Crippen LogP contribution in [0, 0.1) is 12.3 Å². The summed E-state index contributed by atoms with van der Waals surface area (Å²) in [6.07, 6.45) is 3.23. The van der Waals surface area contributed by atoms with Gasteiger partial charge in [-0.05, 0) is 80.3 Å². The minimum Gasteiger partial charge on any atom is -0.463 e. The van der Waals surface area contributed by atoms with Crippen LogP contribution in [-0.2, 0) is 49.3 Å². The lowest BCUT2D eigenvalue weighted by Crippen LogP contribution is -2.63. The highest BCUT2D eigenvalue weighted by molar-refractivity contribution is 5.68. The Balaban J connectivity index is 1.33. The number of likely N-dealkylation sites (tertiary alicyclic amines) is 1. The summed E-state index contributed by atoms with van der Waals surface area (Å²) >= 11 is 0. The third-order valence-corrected chi connectivity index (χ3v) is 10.5. The minimum atomic E-state index is -1.40. The largest absolute Gasteiger partial charge is 0.463 e. The summed E-state index contributed by atoms with van der Waals surface area (Å²) in [6.45, 7) is 16.3. The Kier molecular flexibility index (Phi) is 13.9. The predicted molar refractivity (Wildman–Crippen MR) is 198 cm³/mol. The fraction of sp³-hybridized carbons (Fsp3) is 0.625. The second-order valence-corrected chi connectivity index (χ2v) is 15.1. The Labute approximate surface area is 317 Å². The van der Waals surface area contributed by atoms with E-state index in [0.717, 1.165) is 54.0 Å². The lowest BCUT2D eigenvalue weighted by molar-refractivity contribution is -0.289. The number of aromatic nitrogens is 2. The molecule has 0 bridgehead atoms. The van der Waals surface area contributed by atoms with E-state index in [-0.39, 0.29) is 18.4 Å². The van der Waals surface area contributed by atoms with Gasteiger partial charge in [-0.3, -0.25) is 24.3 Å². The number of aromatic amines is 1. The van der Waals surface area contributed by atoms with Crippen LogP contribution in [0.5, 0.6) is 5.88 Å². The molecular weight excluding hydrogens is 696 g/mol. The van der Waals surface area contributed by atoms with Crippen LogP contribution >= 0.6 is 0 Å². The number of aryl methyl sites for hydroxylation is 1. The molecule has 0 radical (unpaired) electrons. The Hall–Kier alpha value is -4.27. The molecule has 3 saturated heterocycles. The number of ether oxygens (including phenoxy) is 6. The van der Waals surface area contributed by atoms with Gasteiger partial charge in [0.2, 0.25) is 18.3 Å². The Bertz CT molecular complexity index is 1670. The summed E-state index contributed by atoms with van der Waals surface area (Å²) in [5.74, 6) is -2.53. The predicted octanol–water partition coefficient (Wildman–Crippen LogP) is 4.37. The summed E-state index contributed by atoms with van der Waals surface area (Å²) in [5.41, 5.74) is 5.40. The first-order valence-electron chi connectivity index (χ1n) is 19.0. The van der Waals surface area contributed by atoms with Gasteiger partial charge in [0.25, 0.3) is 0 Å². The van der Waals surface area contributed by atoms with Gasteiger partial charge in [0.05, 0.1) is 0 Å². The van der Waals surface area contributed by atoms with E-state index in [1.165, 1.54) is 60.0 Å². The molecule has 4 heterocycles. The molecule has 1 aromatic heterocycles. The van der Waals surface area contributed by atoms with Crippen LogP contribution in [0.25, 0.3) is 6.08 Å². The number of nitrogens with zero attached hydrogens (tertiary/aromatic N) is 2. The van der Waals surface area contributed by atoms with Crippen LogP contribution in [0.15, 0.2) is 24.3 Å². The van der Waals surface area contributed by atoms with E-state index in [2.05, 4.69) is 57.7 Å². The van der Waals surface area contributed by atoms with Gasteiger partial charge in [-0.2, -0.15) is 0 Å². The van der Waals surface area contributed by atoms with Crippen LogP contribution in [0.2, 0.25) is 0 Å². The van der Waals surface area contributed by atoms with Gasteiger partial charge >= 0.3 is 23.9 Å². The molecule has 2 aromatic rings. The second-order valence-electron chi connectivity index (χ2n) is 15.1. The van der Waals surface area contributed by atoms with Crippen LogP contribution < -0.4 is 10.1 Å². The van der Waals surface area contributed by atoms with Crippen molar-refractivity contribution < 1.29 is 47.6 Å². The number of hydrogen-bond acceptors (Lipinski definition) is 13. The van der Waals surface area contributed by atoms with E-state index in [0.29, 0.717) is 11.8 Å². The highest BCUT2D eigenvalue weighted by atomic mass is 16.7. The zero-order valence-corrected chi connectivity index (χ0v) is 32.6. The van der Waals surface area contributed by atoms with Gasteiger partial charge < -0.3 is 38.6 Å². The maximum atomic E-state index is 12.4. The number of piperidine rings is 1. The third kappa shape index (κ3) is 10.7. The van der Waals surface area contributed by atoms with E-state index in [9.17, 15) is 19.2 Å². The standard InChI is InChI=1S/C40H56N4O10/c1-24(2)34-32(21-31-12-11-30(20-25(31)3)10-8-9-18-44-19-15-40(23-44)13-16-41-17-14-40)38(43-42-34)54-39-37(52-29(7)48)36(51-28(6)47)35(50-27(5)46)33(53-39)22-49-26(4)45/h8,10-12,20,24,33,35-37,39,41H,9,13-19,21-23H2,1-7H3,(H,42,43)/b10-8+/t33-,35?,36+,37-,39+/m1/s1. The fourth-order valence-corrected chi connectivity index (χ4v) is 7.77. The number of carbonyl (C=O) groups is 4. The van der Waals surface area contributed by atoms with Crippen molar-refractivity contribution in [1.82, 2.24) is 20.4 Å². The van der Waals surface area contributed by atoms with Gasteiger partial charge in [0.15, 0.2) is 12.2 Å². The van der Waals surface area contributed by atoms with Crippen molar-refractivity contribution in [3.05, 3.63) is 52.2 Å². The molecule has 0 saturated carbocycles. The normalized spacial score (nSPS) is 24.1. The van der Waals surface area contributed by atoms with Gasteiger partial charge in [0.1, 0.15) is 12.7 Å². The smallest absolute Gasteiger partial charge is 0.303 e. The Morgan fingerprint density at radius 3 is 2.30 bits per heavy atom. The molecule has 5 rings (SSSR count). The van der Waals surface area contributed by atoms with Crippen LogP contribution in [0.1, 0.15) is 101 Å². The van der Waals surface area contributed by atoms with E-state index in [1.54, 1.807) is 0 Å². The van der Waals surface area contributed by atoms with E-state index < -0.39 is 54.6 Å². The summed E-state index contributed by atoms with van der Waals surface area (Å²) < 4.78 is 34.4. The third-order valence-electron chi connectivity index (χ3n) is 10.5. The zero-order chi connectivity index (χ0) is 39.0. The quantitative estimate of drug-likeness (QED) is 0.207. The molecular formula is C40H56N4O10. The summed E-state index contributed by atoms with van der Waals surface area (Å²) in [6, 6.07) is 6.38. The van der Waals surface area contributed by atoms with Crippen LogP contribution in [0.3, 0.4) is 0 Å². The number of carbonyl (C=O) groups excluding carboxylic acids is 4. The zero-order valence-electron chi connectivity index (χ0n) is 32.6. The molecule has 3 aliphatic rings. The Morgan fingerprint density at radius 1 is 0.963 bits per heavy atom. The summed E-state index contributed by atoms with van der Waals surface area (Å²) in [4.78, 5) is 51.2. The lowest BCUT2D eigenvalue weighted by atomic mass is 9.78. The van der Waals surface area contributed by atoms with E-state index in [4.69, 9.17) is 28.4 Å². The number of benzene rings is 1. The molecule has 2 N–H and O–H groups in total. The molecule has 3 fully saturated rings. The average molecular weight is 753 g/mol. The van der Waals surface area contributed by atoms with Crippen LogP contribution in [0.4, 0.5) is 0 Å². The molecule has 296 valence electrons. The number of rotatable bonds is 14. The lowest BCUT2D eigenvalue weighted by Gasteiger charge is -2.43. The average Bonchev–Trinajstić information content (AvgIpc) is 3.69. The van der Waals surface area contributed by atoms with E-state index in [1.807, 2.05) is 13.8 Å². The monoisotopic (exact) mass is 752 g/mol. The number of H-pyrrole nitrogens is 1. The maximum Gasteiger partial charge on any atom is 0.303 e. The molecule has 1 aromatic carbocycles. The molecule has 14 heteroatoms. The second kappa shape index (κ2) is 18.4. The van der Waals surface area contributed by atoms with E-state index >= 15 is 0 Å². The van der Waals surface area contributed by atoms with Crippen molar-refractivity contribution in [1.29, 1.82) is 0 Å². The molecule has 1 unspecified atom stereocenters. The fourth-order valence-electron chi connectivity index (χ4n) is 7.77. The van der Waals surface area contributed by atoms with Crippen molar-refractivity contribution in [2.24, 2.45) is 5.41 Å². The summed E-state index contributed by atoms with van der Waals surface area (Å²) in [5, 5.41) is 11.1. The Morgan fingerprint density at radius 2 is 1.65 bits per heavy atom. The molecule has 0 amide bonds. The number of esters is 4. The van der Waals surface area contributed by atoms with Gasteiger partial charge in [-0.1, -0.05) is 44.2 Å². The van der Waals surface area contributed by atoms with Gasteiger partial charge in [-0.15, -0.1) is 5.10 Å². The topological polar surface area (TPSA) is 168 Å². The minimum absolute atomic E-state index is 0.0445. The molecule has 0 aliphatic carbocycles. The number of hydrogen-bond donors (Lipinski definition) is 2. The van der Waals surface area contributed by atoms with Crippen molar-refractivity contribution in [3.63, 3.8) is 0 Å². The SMILES string of the molecule is CC(=O)OC[C@H]1O[C@@H](Oc2n[nH]c(C(C)C)c2Cc2ccc(/C=C/CCN3CCC4(CCNCC4)C3)cc2C)[C@H](OC(C)=O)[C@@H](OC(C)=O)C1OC(C)=O. The van der Waals surface area contributed by atoms with Gasteiger partial charge in [-0.25, -0.2) is 0 Å². The maximum absolute atomic E-state index is 12.4. The van der Waals surface area contributed by atoms with Crippen LogP contribution in [-0.4, -0.2) is 109 Å². The van der Waals surface area contributed by atoms with Crippen molar-refractivity contribution in [2.75, 3.05) is 39.3 Å². The number of nitrogens with one attached hydrogen (secondary N) is 2. The highest BCUT2D eigenvalue weighted by Crippen LogP contribution is 2.39. The first-order valence-corrected chi connectivity index (χ1v) is 19.0. The van der Waals surface area contributed by atoms with Crippen molar-refractivity contribution in [2.45, 2.75) is 117 Å². The first-order chi connectivity index (χ1) is 25.7. The van der Waals surface area contributed by atoms with Gasteiger partial charge in [0, 0.05) is 58.5 Å². The molecule has 3 aliphatic heterocycles. The highest BCUT2D eigenvalue weighted by Gasteiger charge is 2.53. The molecule has 14 nitrogen and oxygen atoms in total. The molecule has 1 spiro atoms.